The lowest BCUT2D eigenvalue weighted by atomic mass is 9.56. The van der Waals surface area contributed by atoms with Crippen molar-refractivity contribution in [2.24, 2.45) is 10.8 Å². The molecule has 0 aromatic rings. The second kappa shape index (κ2) is 2.44. The molecule has 2 nitrogen and oxygen atoms in total. The van der Waals surface area contributed by atoms with E-state index in [2.05, 4.69) is 13.8 Å². The van der Waals surface area contributed by atoms with Crippen LogP contribution in [0, 0.1) is 10.8 Å². The number of hydrogen-bond donors (Lipinski definition) is 0. The molecule has 12 heavy (non-hydrogen) atoms. The molecule has 0 aliphatic heterocycles. The van der Waals surface area contributed by atoms with Crippen molar-refractivity contribution in [2.75, 3.05) is 5.75 Å². The maximum Gasteiger partial charge on any atom is 0.302 e. The van der Waals surface area contributed by atoms with Crippen LogP contribution in [0.1, 0.15) is 33.6 Å². The Morgan fingerprint density at radius 1 is 1.25 bits per heavy atom. The van der Waals surface area contributed by atoms with Crippen molar-refractivity contribution in [1.29, 1.82) is 0 Å². The number of halogens is 1. The summed E-state index contributed by atoms with van der Waals surface area (Å²) in [7, 11) is -4.29. The number of hydrogen-bond acceptors (Lipinski definition) is 2. The molecule has 1 rings (SSSR count). The Balaban J connectivity index is 2.58. The molecule has 0 aromatic heterocycles. The summed E-state index contributed by atoms with van der Waals surface area (Å²) in [6.07, 6.45) is 1.59. The molecule has 1 saturated carbocycles. The Morgan fingerprint density at radius 2 is 1.67 bits per heavy atom. The minimum absolute atomic E-state index is 0.194. The van der Waals surface area contributed by atoms with Gasteiger partial charge in [-0.15, -0.1) is 3.89 Å². The van der Waals surface area contributed by atoms with Gasteiger partial charge in [-0.2, -0.15) is 8.42 Å². The smallest absolute Gasteiger partial charge is 0.195 e. The molecule has 1 fully saturated rings. The summed E-state index contributed by atoms with van der Waals surface area (Å²) < 4.78 is 33.1. The van der Waals surface area contributed by atoms with Crippen LogP contribution in [0.2, 0.25) is 0 Å². The molecule has 0 atom stereocenters. The summed E-state index contributed by atoms with van der Waals surface area (Å²) in [4.78, 5) is 0. The fourth-order valence-corrected chi connectivity index (χ4v) is 3.81. The Kier molecular flexibility index (Phi) is 2.02. The normalized spacial score (nSPS) is 26.3. The van der Waals surface area contributed by atoms with E-state index in [-0.39, 0.29) is 16.6 Å². The molecule has 0 bridgehead atoms. The van der Waals surface area contributed by atoms with Gasteiger partial charge in [0.1, 0.15) is 0 Å². The molecule has 0 amide bonds. The van der Waals surface area contributed by atoms with Crippen LogP contribution in [-0.4, -0.2) is 14.2 Å². The summed E-state index contributed by atoms with van der Waals surface area (Å²) >= 11 is 0. The molecule has 0 spiro atoms. The topological polar surface area (TPSA) is 34.1 Å². The molecule has 0 heterocycles. The van der Waals surface area contributed by atoms with Crippen LogP contribution in [0.25, 0.3) is 0 Å². The van der Waals surface area contributed by atoms with Gasteiger partial charge in [-0.25, -0.2) is 0 Å². The third kappa shape index (κ3) is 2.44. The van der Waals surface area contributed by atoms with Gasteiger partial charge in [0.05, 0.1) is 5.75 Å². The SMILES string of the molecule is CC1(C)CC(C)(CS(=O)(=O)F)C1. The standard InChI is InChI=1S/C8H15FO2S/c1-7(2)4-8(3,5-7)6-12(9,10)11/h4-6H2,1-3H3. The second-order valence-electron chi connectivity index (χ2n) is 5.01. The molecule has 0 saturated heterocycles. The van der Waals surface area contributed by atoms with Gasteiger partial charge in [-0.05, 0) is 23.7 Å². The monoisotopic (exact) mass is 194 g/mol. The largest absolute Gasteiger partial charge is 0.302 e. The quantitative estimate of drug-likeness (QED) is 0.631. The van der Waals surface area contributed by atoms with Crippen LogP contribution >= 0.6 is 0 Å². The van der Waals surface area contributed by atoms with Crippen LogP contribution in [0.4, 0.5) is 3.89 Å². The van der Waals surface area contributed by atoms with Crippen molar-refractivity contribution < 1.29 is 12.3 Å². The lowest BCUT2D eigenvalue weighted by Crippen LogP contribution is -2.44. The zero-order chi connectivity index (χ0) is 9.62. The van der Waals surface area contributed by atoms with Gasteiger partial charge >= 0.3 is 10.2 Å². The highest BCUT2D eigenvalue weighted by molar-refractivity contribution is 7.86. The Bertz CT molecular complexity index is 271. The van der Waals surface area contributed by atoms with E-state index in [9.17, 15) is 12.3 Å². The van der Waals surface area contributed by atoms with E-state index in [1.165, 1.54) is 0 Å². The fourth-order valence-electron chi connectivity index (χ4n) is 2.78. The highest BCUT2D eigenvalue weighted by Crippen LogP contribution is 2.54. The van der Waals surface area contributed by atoms with Crippen molar-refractivity contribution in [3.63, 3.8) is 0 Å². The maximum atomic E-state index is 12.3. The van der Waals surface area contributed by atoms with Crippen LogP contribution in [-0.2, 0) is 10.2 Å². The summed E-state index contributed by atoms with van der Waals surface area (Å²) in [6.45, 7) is 5.97. The highest BCUT2D eigenvalue weighted by atomic mass is 32.3. The lowest BCUT2D eigenvalue weighted by molar-refractivity contribution is 0.0223. The third-order valence-electron chi connectivity index (χ3n) is 2.33. The molecular weight excluding hydrogens is 179 g/mol. The minimum atomic E-state index is -4.29. The summed E-state index contributed by atoms with van der Waals surface area (Å²) in [6, 6.07) is 0. The summed E-state index contributed by atoms with van der Waals surface area (Å²) in [5.74, 6) is -0.316. The predicted molar refractivity (Wildman–Crippen MR) is 46.0 cm³/mol. The first-order valence-corrected chi connectivity index (χ1v) is 5.60. The first-order valence-electron chi connectivity index (χ1n) is 4.04. The van der Waals surface area contributed by atoms with Crippen LogP contribution in [0.3, 0.4) is 0 Å². The second-order valence-corrected chi connectivity index (χ2v) is 6.38. The van der Waals surface area contributed by atoms with Gasteiger partial charge < -0.3 is 0 Å². The van der Waals surface area contributed by atoms with Gasteiger partial charge in [0, 0.05) is 0 Å². The maximum absolute atomic E-state index is 12.3. The average molecular weight is 194 g/mol. The van der Waals surface area contributed by atoms with E-state index in [0.717, 1.165) is 12.8 Å². The lowest BCUT2D eigenvalue weighted by Gasteiger charge is -2.50. The van der Waals surface area contributed by atoms with Crippen LogP contribution in [0.5, 0.6) is 0 Å². The van der Waals surface area contributed by atoms with E-state index >= 15 is 0 Å². The summed E-state index contributed by atoms with van der Waals surface area (Å²) in [5.41, 5.74) is -0.128. The zero-order valence-electron chi connectivity index (χ0n) is 7.72. The van der Waals surface area contributed by atoms with Crippen molar-refractivity contribution in [3.05, 3.63) is 0 Å². The molecule has 72 valence electrons. The van der Waals surface area contributed by atoms with E-state index in [1.54, 1.807) is 0 Å². The first-order chi connectivity index (χ1) is 5.12. The minimum Gasteiger partial charge on any atom is -0.195 e. The Morgan fingerprint density at radius 3 is 1.92 bits per heavy atom. The third-order valence-corrected chi connectivity index (χ3v) is 3.37. The molecule has 1 aliphatic rings. The van der Waals surface area contributed by atoms with E-state index < -0.39 is 10.2 Å². The predicted octanol–water partition coefficient (Wildman–Crippen LogP) is 2.11. The molecule has 0 radical (unpaired) electrons. The summed E-state index contributed by atoms with van der Waals surface area (Å²) in [5, 5.41) is 0. The Labute approximate surface area is 73.4 Å². The molecule has 4 heteroatoms. The van der Waals surface area contributed by atoms with Crippen molar-refractivity contribution in [1.82, 2.24) is 0 Å². The van der Waals surface area contributed by atoms with Crippen molar-refractivity contribution in [3.8, 4) is 0 Å². The van der Waals surface area contributed by atoms with E-state index in [1.807, 2.05) is 6.92 Å². The first kappa shape index (κ1) is 9.96. The molecule has 0 N–H and O–H groups in total. The van der Waals surface area contributed by atoms with E-state index in [0.29, 0.717) is 0 Å². The van der Waals surface area contributed by atoms with Crippen molar-refractivity contribution in [2.45, 2.75) is 33.6 Å². The van der Waals surface area contributed by atoms with Gasteiger partial charge in [0.2, 0.25) is 0 Å². The molecule has 1 aliphatic carbocycles. The zero-order valence-corrected chi connectivity index (χ0v) is 8.54. The number of rotatable bonds is 2. The van der Waals surface area contributed by atoms with Gasteiger partial charge in [-0.3, -0.25) is 0 Å². The van der Waals surface area contributed by atoms with E-state index in [4.69, 9.17) is 0 Å². The average Bonchev–Trinajstić information content (AvgIpc) is 1.48. The van der Waals surface area contributed by atoms with Gasteiger partial charge in [0.25, 0.3) is 0 Å². The Hall–Kier alpha value is -0.120. The van der Waals surface area contributed by atoms with Crippen LogP contribution < -0.4 is 0 Å². The molecule has 0 unspecified atom stereocenters. The van der Waals surface area contributed by atoms with Crippen LogP contribution in [0.15, 0.2) is 0 Å². The molecule has 0 aromatic carbocycles. The fraction of sp³-hybridized carbons (Fsp3) is 1.00. The van der Waals surface area contributed by atoms with Gasteiger partial charge in [0.15, 0.2) is 0 Å². The van der Waals surface area contributed by atoms with Gasteiger partial charge in [-0.1, -0.05) is 20.8 Å². The highest BCUT2D eigenvalue weighted by Gasteiger charge is 2.47. The van der Waals surface area contributed by atoms with Crippen molar-refractivity contribution >= 4 is 10.2 Å². The molecular formula is C8H15FO2S.